The lowest BCUT2D eigenvalue weighted by molar-refractivity contribution is 0.101. The van der Waals surface area contributed by atoms with Gasteiger partial charge in [0.2, 0.25) is 0 Å². The quantitative estimate of drug-likeness (QED) is 0.274. The summed E-state index contributed by atoms with van der Waals surface area (Å²) in [5, 5.41) is 29.8. The molecule has 0 atom stereocenters. The molecule has 0 unspecified atom stereocenters. The summed E-state index contributed by atoms with van der Waals surface area (Å²) in [6.07, 6.45) is 4.38. The molecule has 0 bridgehead atoms. The molecule has 0 saturated carbocycles. The van der Waals surface area contributed by atoms with E-state index in [4.69, 9.17) is 5.26 Å². The van der Waals surface area contributed by atoms with Crippen molar-refractivity contribution >= 4 is 39.8 Å². The third-order valence-electron chi connectivity index (χ3n) is 7.28. The van der Waals surface area contributed by atoms with E-state index in [0.717, 1.165) is 48.2 Å². The molecule has 1 aliphatic heterocycles. The smallest absolute Gasteiger partial charge is 0.274 e. The molecule has 42 heavy (non-hydrogen) atoms. The summed E-state index contributed by atoms with van der Waals surface area (Å²) >= 11 is 0. The summed E-state index contributed by atoms with van der Waals surface area (Å²) < 4.78 is 1.78. The maximum Gasteiger partial charge on any atom is 0.274 e. The van der Waals surface area contributed by atoms with Crippen LogP contribution in [-0.4, -0.2) is 50.9 Å². The van der Waals surface area contributed by atoms with Gasteiger partial charge in [-0.05, 0) is 91.7 Å². The Kier molecular flexibility index (Phi) is 7.32. The number of nitrogens with one attached hydrogen (secondary N) is 2. The predicted molar refractivity (Wildman–Crippen MR) is 160 cm³/mol. The number of rotatable bonds is 6. The van der Waals surface area contributed by atoms with Crippen molar-refractivity contribution in [1.82, 2.24) is 14.8 Å². The molecule has 6 rings (SSSR count). The molecule has 3 aromatic carbocycles. The first-order chi connectivity index (χ1) is 20.5. The van der Waals surface area contributed by atoms with Crippen LogP contribution in [0.25, 0.3) is 16.6 Å². The van der Waals surface area contributed by atoms with E-state index in [9.17, 15) is 14.7 Å². The lowest BCUT2D eigenvalue weighted by atomic mass is 10.1. The van der Waals surface area contributed by atoms with Gasteiger partial charge in [-0.3, -0.25) is 9.59 Å². The monoisotopic (exact) mass is 557 g/mol. The number of carbonyl (C=O) groups excluding carboxylic acids is 2. The molecule has 10 nitrogen and oxygen atoms in total. The molecule has 5 aromatic rings. The number of hydrogen-bond acceptors (Lipinski definition) is 7. The molecular formula is C32H27N7O3. The number of aliphatic hydroxyl groups excluding tert-OH is 1. The van der Waals surface area contributed by atoms with Gasteiger partial charge in [0.25, 0.3) is 11.8 Å². The highest BCUT2D eigenvalue weighted by molar-refractivity contribution is 6.05. The Morgan fingerprint density at radius 2 is 1.52 bits per heavy atom. The van der Waals surface area contributed by atoms with Crippen LogP contribution in [0.5, 0.6) is 0 Å². The van der Waals surface area contributed by atoms with E-state index in [0.29, 0.717) is 22.5 Å². The fourth-order valence-corrected chi connectivity index (χ4v) is 4.94. The second-order valence-corrected chi connectivity index (χ2v) is 10.1. The molecule has 2 aromatic heterocycles. The normalized spacial score (nSPS) is 13.5. The highest BCUT2D eigenvalue weighted by Crippen LogP contribution is 2.25. The second-order valence-electron chi connectivity index (χ2n) is 10.1. The topological polar surface area (TPSA) is 136 Å². The highest BCUT2D eigenvalue weighted by Gasteiger charge is 2.18. The van der Waals surface area contributed by atoms with Gasteiger partial charge in [0.15, 0.2) is 0 Å². The molecule has 10 heteroatoms. The minimum atomic E-state index is -0.370. The van der Waals surface area contributed by atoms with Crippen LogP contribution < -0.4 is 15.5 Å². The standard InChI is InChI=1S/C32H27N7O3/c33-18-21-1-11-29(34-19-21)32(42)36-24-4-9-27(10-5-24)39-30-12-6-25(17-23(30)20-35-39)37-31(41)22-2-7-26(8-3-22)38-15-13-28(40)14-16-38/h1-12,17,19-20,28,40H,13-16H2,(H,36,42)(H,37,41). The summed E-state index contributed by atoms with van der Waals surface area (Å²) in [5.41, 5.74) is 5.14. The van der Waals surface area contributed by atoms with Gasteiger partial charge < -0.3 is 20.6 Å². The summed E-state index contributed by atoms with van der Waals surface area (Å²) in [6.45, 7) is 1.61. The van der Waals surface area contributed by atoms with Crippen LogP contribution in [-0.2, 0) is 0 Å². The first-order valence-corrected chi connectivity index (χ1v) is 13.6. The maximum absolute atomic E-state index is 12.9. The summed E-state index contributed by atoms with van der Waals surface area (Å²) in [5.74, 6) is -0.568. The lowest BCUT2D eigenvalue weighted by Gasteiger charge is -2.31. The molecular weight excluding hydrogens is 530 g/mol. The molecule has 0 aliphatic carbocycles. The SMILES string of the molecule is N#Cc1ccc(C(=O)Nc2ccc(-n3ncc4cc(NC(=O)c5ccc(N6CCC(O)CC6)cc5)ccc43)cc2)nc1. The zero-order valence-electron chi connectivity index (χ0n) is 22.6. The maximum atomic E-state index is 12.9. The minimum Gasteiger partial charge on any atom is -0.393 e. The number of anilines is 3. The van der Waals surface area contributed by atoms with Crippen molar-refractivity contribution in [2.75, 3.05) is 28.6 Å². The van der Waals surface area contributed by atoms with E-state index in [1.165, 1.54) is 12.3 Å². The van der Waals surface area contributed by atoms with Gasteiger partial charge in [0.05, 0.1) is 29.1 Å². The van der Waals surface area contributed by atoms with Gasteiger partial charge in [0.1, 0.15) is 11.8 Å². The summed E-state index contributed by atoms with van der Waals surface area (Å²) in [7, 11) is 0. The fourth-order valence-electron chi connectivity index (χ4n) is 4.94. The number of piperidine rings is 1. The van der Waals surface area contributed by atoms with Crippen molar-refractivity contribution in [1.29, 1.82) is 5.26 Å². The van der Waals surface area contributed by atoms with Crippen LogP contribution in [0.4, 0.5) is 17.1 Å². The Hall–Kier alpha value is -5.53. The van der Waals surface area contributed by atoms with E-state index in [1.54, 1.807) is 29.1 Å². The molecule has 1 saturated heterocycles. The molecule has 3 heterocycles. The zero-order valence-corrected chi connectivity index (χ0v) is 22.6. The largest absolute Gasteiger partial charge is 0.393 e. The summed E-state index contributed by atoms with van der Waals surface area (Å²) in [4.78, 5) is 31.6. The van der Waals surface area contributed by atoms with E-state index in [-0.39, 0.29) is 23.6 Å². The number of aliphatic hydroxyl groups is 1. The lowest BCUT2D eigenvalue weighted by Crippen LogP contribution is -2.35. The first kappa shape index (κ1) is 26.7. The van der Waals surface area contributed by atoms with Crippen molar-refractivity contribution in [3.63, 3.8) is 0 Å². The number of pyridine rings is 1. The van der Waals surface area contributed by atoms with Crippen molar-refractivity contribution < 1.29 is 14.7 Å². The minimum absolute atomic E-state index is 0.198. The van der Waals surface area contributed by atoms with Crippen LogP contribution in [0, 0.1) is 11.3 Å². The first-order valence-electron chi connectivity index (χ1n) is 13.6. The van der Waals surface area contributed by atoms with Crippen molar-refractivity contribution in [2.45, 2.75) is 18.9 Å². The van der Waals surface area contributed by atoms with Crippen LogP contribution in [0.15, 0.2) is 91.3 Å². The Labute approximate surface area is 241 Å². The highest BCUT2D eigenvalue weighted by atomic mass is 16.3. The van der Waals surface area contributed by atoms with Gasteiger partial charge in [-0.25, -0.2) is 9.67 Å². The van der Waals surface area contributed by atoms with Crippen LogP contribution in [0.1, 0.15) is 39.3 Å². The molecule has 1 aliphatic rings. The van der Waals surface area contributed by atoms with Crippen LogP contribution >= 0.6 is 0 Å². The number of benzene rings is 3. The summed E-state index contributed by atoms with van der Waals surface area (Å²) in [6, 6.07) is 25.4. The fraction of sp³-hybridized carbons (Fsp3) is 0.156. The number of nitriles is 1. The number of hydrogen-bond donors (Lipinski definition) is 3. The van der Waals surface area contributed by atoms with Gasteiger partial charge in [0, 0.05) is 47.3 Å². The van der Waals surface area contributed by atoms with E-state index in [2.05, 4.69) is 25.6 Å². The molecule has 0 spiro atoms. The molecule has 208 valence electrons. The Morgan fingerprint density at radius 1 is 0.833 bits per heavy atom. The Balaban J connectivity index is 1.10. The van der Waals surface area contributed by atoms with Gasteiger partial charge in [-0.15, -0.1) is 0 Å². The molecule has 0 radical (unpaired) electrons. The molecule has 1 fully saturated rings. The number of nitrogens with zero attached hydrogens (tertiary/aromatic N) is 5. The van der Waals surface area contributed by atoms with E-state index >= 15 is 0 Å². The predicted octanol–water partition coefficient (Wildman–Crippen LogP) is 4.76. The average molecular weight is 558 g/mol. The Morgan fingerprint density at radius 3 is 2.21 bits per heavy atom. The molecule has 2 amide bonds. The molecule has 3 N–H and O–H groups in total. The van der Waals surface area contributed by atoms with Crippen molar-refractivity contribution in [3.8, 4) is 11.8 Å². The zero-order chi connectivity index (χ0) is 29.1. The van der Waals surface area contributed by atoms with Crippen LogP contribution in [0.2, 0.25) is 0 Å². The second kappa shape index (κ2) is 11.5. The third-order valence-corrected chi connectivity index (χ3v) is 7.28. The average Bonchev–Trinajstić information content (AvgIpc) is 3.45. The van der Waals surface area contributed by atoms with Crippen molar-refractivity contribution in [3.05, 3.63) is 108 Å². The van der Waals surface area contributed by atoms with Crippen LogP contribution in [0.3, 0.4) is 0 Å². The van der Waals surface area contributed by atoms with Gasteiger partial charge in [-0.2, -0.15) is 10.4 Å². The third kappa shape index (κ3) is 5.68. The Bertz CT molecular complexity index is 1780. The van der Waals surface area contributed by atoms with Gasteiger partial charge >= 0.3 is 0 Å². The number of amides is 2. The van der Waals surface area contributed by atoms with Crippen molar-refractivity contribution in [2.24, 2.45) is 0 Å². The van der Waals surface area contributed by atoms with E-state index in [1.807, 2.05) is 60.7 Å². The van der Waals surface area contributed by atoms with E-state index < -0.39 is 0 Å². The number of aromatic nitrogens is 3. The van der Waals surface area contributed by atoms with Gasteiger partial charge in [-0.1, -0.05) is 0 Å². The number of carbonyl (C=O) groups is 2. The number of fused-ring (bicyclic) bond motifs is 1.